The summed E-state index contributed by atoms with van der Waals surface area (Å²) >= 11 is 6.24. The molecular weight excluding hydrogens is 390 g/mol. The molecule has 3 aromatic heterocycles. The van der Waals surface area contributed by atoms with Crippen LogP contribution in [0.25, 0.3) is 33.9 Å². The molecule has 0 aliphatic heterocycles. The first-order chi connectivity index (χ1) is 14.0. The smallest absolute Gasteiger partial charge is 0.279 e. The number of imidazole rings is 2. The van der Waals surface area contributed by atoms with Crippen molar-refractivity contribution in [2.45, 2.75) is 0 Å². The summed E-state index contributed by atoms with van der Waals surface area (Å²) in [5.41, 5.74) is 2.51. The van der Waals surface area contributed by atoms with Gasteiger partial charge in [0.25, 0.3) is 5.56 Å². The zero-order chi connectivity index (χ0) is 20.3. The maximum atomic E-state index is 12.9. The van der Waals surface area contributed by atoms with E-state index in [9.17, 15) is 9.59 Å². The highest BCUT2D eigenvalue weighted by Gasteiger charge is 2.21. The molecule has 5 aromatic rings. The Morgan fingerprint density at radius 1 is 0.931 bits per heavy atom. The number of aromatic nitrogens is 5. The van der Waals surface area contributed by atoms with Crippen molar-refractivity contribution in [2.24, 2.45) is 14.1 Å². The lowest BCUT2D eigenvalue weighted by Crippen LogP contribution is -2.37. The molecule has 0 spiro atoms. The molecule has 0 bridgehead atoms. The largest absolute Gasteiger partial charge is 0.332 e. The van der Waals surface area contributed by atoms with Crippen molar-refractivity contribution in [1.29, 1.82) is 0 Å². The lowest BCUT2D eigenvalue weighted by Gasteiger charge is -2.09. The van der Waals surface area contributed by atoms with E-state index >= 15 is 0 Å². The highest BCUT2D eigenvalue weighted by atomic mass is 35.5. The maximum Gasteiger partial charge on any atom is 0.332 e. The van der Waals surface area contributed by atoms with Gasteiger partial charge in [0.1, 0.15) is 0 Å². The van der Waals surface area contributed by atoms with Crippen molar-refractivity contribution in [3.8, 4) is 16.9 Å². The van der Waals surface area contributed by atoms with E-state index in [1.807, 2.05) is 59.3 Å². The van der Waals surface area contributed by atoms with Gasteiger partial charge in [-0.15, -0.1) is 0 Å². The standard InChI is InChI=1S/C21H16ClN5O2/c1-24-18-17(19(28)25(2)21(24)29)26-12-16(13-7-4-3-5-8-13)27(20(26)23-18)15-10-6-9-14(22)11-15/h3-12H,1-2H3. The summed E-state index contributed by atoms with van der Waals surface area (Å²) in [6, 6.07) is 17.3. The number of halogens is 1. The topological polar surface area (TPSA) is 66.2 Å². The lowest BCUT2D eigenvalue weighted by molar-refractivity contribution is 0.708. The molecule has 0 atom stereocenters. The first-order valence-electron chi connectivity index (χ1n) is 8.98. The summed E-state index contributed by atoms with van der Waals surface area (Å²) in [5.74, 6) is 0.527. The van der Waals surface area contributed by atoms with E-state index in [0.29, 0.717) is 22.0 Å². The quantitative estimate of drug-likeness (QED) is 0.453. The van der Waals surface area contributed by atoms with Gasteiger partial charge in [0.05, 0.1) is 11.4 Å². The van der Waals surface area contributed by atoms with Crippen LogP contribution in [0.5, 0.6) is 0 Å². The Morgan fingerprint density at radius 3 is 2.41 bits per heavy atom. The van der Waals surface area contributed by atoms with E-state index in [0.717, 1.165) is 21.5 Å². The van der Waals surface area contributed by atoms with Crippen molar-refractivity contribution in [3.05, 3.63) is 86.7 Å². The number of nitrogens with zero attached hydrogens (tertiary/aromatic N) is 5. The zero-order valence-corrected chi connectivity index (χ0v) is 16.5. The number of hydrogen-bond acceptors (Lipinski definition) is 3. The van der Waals surface area contributed by atoms with Gasteiger partial charge in [-0.05, 0) is 18.2 Å². The van der Waals surface area contributed by atoms with Crippen LogP contribution in [0.3, 0.4) is 0 Å². The van der Waals surface area contributed by atoms with E-state index in [1.165, 1.54) is 11.6 Å². The Kier molecular flexibility index (Phi) is 3.75. The van der Waals surface area contributed by atoms with Gasteiger partial charge in [-0.25, -0.2) is 4.79 Å². The highest BCUT2D eigenvalue weighted by molar-refractivity contribution is 6.30. The summed E-state index contributed by atoms with van der Waals surface area (Å²) < 4.78 is 6.15. The Morgan fingerprint density at radius 2 is 1.69 bits per heavy atom. The van der Waals surface area contributed by atoms with E-state index < -0.39 is 11.2 Å². The molecule has 0 fully saturated rings. The molecule has 3 heterocycles. The minimum absolute atomic E-state index is 0.337. The van der Waals surface area contributed by atoms with Crippen LogP contribution in [0.1, 0.15) is 0 Å². The molecular formula is C21H16ClN5O2. The van der Waals surface area contributed by atoms with Crippen molar-refractivity contribution in [2.75, 3.05) is 0 Å². The van der Waals surface area contributed by atoms with Crippen molar-refractivity contribution in [1.82, 2.24) is 23.1 Å². The van der Waals surface area contributed by atoms with E-state index in [4.69, 9.17) is 11.6 Å². The Labute approximate surface area is 169 Å². The number of aryl methyl sites for hydroxylation is 1. The first kappa shape index (κ1) is 17.5. The van der Waals surface area contributed by atoms with Crippen molar-refractivity contribution < 1.29 is 0 Å². The van der Waals surface area contributed by atoms with Gasteiger partial charge in [-0.2, -0.15) is 4.98 Å². The molecule has 2 aromatic carbocycles. The fourth-order valence-electron chi connectivity index (χ4n) is 3.65. The number of rotatable bonds is 2. The number of hydrogen-bond donors (Lipinski definition) is 0. The van der Waals surface area contributed by atoms with E-state index in [1.54, 1.807) is 17.5 Å². The summed E-state index contributed by atoms with van der Waals surface area (Å²) in [6.07, 6.45) is 1.87. The first-order valence-corrected chi connectivity index (χ1v) is 9.36. The Bertz CT molecular complexity index is 1520. The third-order valence-electron chi connectivity index (χ3n) is 5.10. The minimum atomic E-state index is -0.416. The second-order valence-corrected chi connectivity index (χ2v) is 7.29. The molecule has 0 amide bonds. The third-order valence-corrected chi connectivity index (χ3v) is 5.34. The van der Waals surface area contributed by atoms with Crippen LogP contribution in [0.2, 0.25) is 5.02 Å². The fraction of sp³-hybridized carbons (Fsp3) is 0.0952. The van der Waals surface area contributed by atoms with Gasteiger partial charge >= 0.3 is 5.69 Å². The molecule has 0 radical (unpaired) electrons. The molecule has 29 heavy (non-hydrogen) atoms. The predicted octanol–water partition coefficient (Wildman–Crippen LogP) is 3.00. The Balaban J connectivity index is 1.99. The maximum absolute atomic E-state index is 12.9. The van der Waals surface area contributed by atoms with E-state index in [-0.39, 0.29) is 0 Å². The van der Waals surface area contributed by atoms with Crippen molar-refractivity contribution >= 4 is 28.5 Å². The molecule has 0 unspecified atom stereocenters. The van der Waals surface area contributed by atoms with Crippen molar-refractivity contribution in [3.63, 3.8) is 0 Å². The van der Waals surface area contributed by atoms with Gasteiger partial charge in [0.15, 0.2) is 11.2 Å². The molecule has 8 heteroatoms. The van der Waals surface area contributed by atoms with Crippen LogP contribution in [0.4, 0.5) is 0 Å². The summed E-state index contributed by atoms with van der Waals surface area (Å²) in [7, 11) is 3.08. The molecule has 0 N–H and O–H groups in total. The van der Waals surface area contributed by atoms with Crippen LogP contribution in [-0.2, 0) is 14.1 Å². The molecule has 0 saturated carbocycles. The van der Waals surface area contributed by atoms with Crippen LogP contribution in [0, 0.1) is 0 Å². The van der Waals surface area contributed by atoms with Gasteiger partial charge in [0.2, 0.25) is 5.78 Å². The summed E-state index contributed by atoms with van der Waals surface area (Å²) in [5, 5.41) is 0.591. The predicted molar refractivity (Wildman–Crippen MR) is 113 cm³/mol. The molecule has 0 saturated heterocycles. The fourth-order valence-corrected chi connectivity index (χ4v) is 3.84. The SMILES string of the molecule is Cn1c(=O)c2c(nc3n(-c4cccc(Cl)c4)c(-c4ccccc4)cn23)n(C)c1=O. The summed E-state index contributed by atoms with van der Waals surface area (Å²) in [4.78, 5) is 29.9. The number of fused-ring (bicyclic) bond motifs is 3. The minimum Gasteiger partial charge on any atom is -0.279 e. The van der Waals surface area contributed by atoms with Crippen LogP contribution < -0.4 is 11.2 Å². The van der Waals surface area contributed by atoms with Gasteiger partial charge in [0, 0.05) is 30.9 Å². The second-order valence-electron chi connectivity index (χ2n) is 6.86. The zero-order valence-electron chi connectivity index (χ0n) is 15.7. The average molecular weight is 406 g/mol. The van der Waals surface area contributed by atoms with Crippen LogP contribution in [0.15, 0.2) is 70.4 Å². The van der Waals surface area contributed by atoms with Gasteiger partial charge in [-0.1, -0.05) is 48.0 Å². The monoisotopic (exact) mass is 405 g/mol. The highest BCUT2D eigenvalue weighted by Crippen LogP contribution is 2.29. The van der Waals surface area contributed by atoms with Crippen LogP contribution >= 0.6 is 11.6 Å². The average Bonchev–Trinajstić information content (AvgIpc) is 3.27. The molecule has 5 rings (SSSR count). The third kappa shape index (κ3) is 2.48. The number of benzene rings is 2. The Hall–Kier alpha value is -3.58. The second kappa shape index (κ2) is 6.22. The normalized spacial score (nSPS) is 11.6. The molecule has 144 valence electrons. The molecule has 0 aliphatic rings. The molecule has 0 aliphatic carbocycles. The lowest BCUT2D eigenvalue weighted by atomic mass is 10.1. The van der Waals surface area contributed by atoms with Crippen LogP contribution in [-0.4, -0.2) is 23.1 Å². The summed E-state index contributed by atoms with van der Waals surface area (Å²) in [6.45, 7) is 0. The molecule has 7 nitrogen and oxygen atoms in total. The van der Waals surface area contributed by atoms with Gasteiger partial charge in [-0.3, -0.25) is 22.9 Å². The van der Waals surface area contributed by atoms with Gasteiger partial charge < -0.3 is 0 Å². The van der Waals surface area contributed by atoms with E-state index in [2.05, 4.69) is 4.98 Å².